The largest absolute Gasteiger partial charge is 0.494 e. The number of rotatable bonds is 7. The Bertz CT molecular complexity index is 530. The summed E-state index contributed by atoms with van der Waals surface area (Å²) in [6.45, 7) is 3.65. The number of nitrogens with zero attached hydrogens (tertiary/aromatic N) is 3. The minimum Gasteiger partial charge on any atom is -0.494 e. The first-order valence-electron chi connectivity index (χ1n) is 6.61. The standard InChI is InChI=1S/C14H19FN4O/c1-11(12-4-5-14(20-2)13(15)10-12)16-6-3-8-19-9-7-17-18-19/h4-5,7,9-11,16H,3,6,8H2,1-2H3. The molecular formula is C14H19FN4O. The fourth-order valence-corrected chi connectivity index (χ4v) is 1.98. The molecule has 1 aromatic heterocycles. The minimum atomic E-state index is -0.332. The number of methoxy groups -OCH3 is 1. The highest BCUT2D eigenvalue weighted by atomic mass is 19.1. The number of aromatic nitrogens is 3. The van der Waals surface area contributed by atoms with Crippen LogP contribution in [-0.4, -0.2) is 28.6 Å². The summed E-state index contributed by atoms with van der Waals surface area (Å²) >= 11 is 0. The van der Waals surface area contributed by atoms with Gasteiger partial charge in [-0.2, -0.15) is 0 Å². The van der Waals surface area contributed by atoms with Crippen LogP contribution in [0.5, 0.6) is 5.75 Å². The van der Waals surface area contributed by atoms with Crippen LogP contribution in [0, 0.1) is 5.82 Å². The lowest BCUT2D eigenvalue weighted by Crippen LogP contribution is -2.21. The van der Waals surface area contributed by atoms with Gasteiger partial charge in [0.2, 0.25) is 0 Å². The van der Waals surface area contributed by atoms with Gasteiger partial charge >= 0.3 is 0 Å². The Labute approximate surface area is 117 Å². The van der Waals surface area contributed by atoms with E-state index < -0.39 is 0 Å². The van der Waals surface area contributed by atoms with Crippen molar-refractivity contribution in [2.24, 2.45) is 0 Å². The summed E-state index contributed by atoms with van der Waals surface area (Å²) in [5.74, 6) is -0.0617. The van der Waals surface area contributed by atoms with Gasteiger partial charge in [-0.15, -0.1) is 5.10 Å². The number of hydrogen-bond acceptors (Lipinski definition) is 4. The Morgan fingerprint density at radius 1 is 1.45 bits per heavy atom. The lowest BCUT2D eigenvalue weighted by Gasteiger charge is -2.15. The van der Waals surface area contributed by atoms with Crippen molar-refractivity contribution < 1.29 is 9.13 Å². The van der Waals surface area contributed by atoms with Gasteiger partial charge in [0.25, 0.3) is 0 Å². The lowest BCUT2D eigenvalue weighted by molar-refractivity contribution is 0.385. The van der Waals surface area contributed by atoms with Crippen LogP contribution >= 0.6 is 0 Å². The molecule has 1 atom stereocenters. The first kappa shape index (κ1) is 14.5. The van der Waals surface area contributed by atoms with Crippen LogP contribution in [0.1, 0.15) is 24.9 Å². The first-order valence-corrected chi connectivity index (χ1v) is 6.61. The molecule has 0 aliphatic rings. The molecule has 1 unspecified atom stereocenters. The van der Waals surface area contributed by atoms with Crippen molar-refractivity contribution in [3.05, 3.63) is 42.0 Å². The Morgan fingerprint density at radius 2 is 2.30 bits per heavy atom. The molecule has 0 fully saturated rings. The van der Waals surface area contributed by atoms with Crippen LogP contribution < -0.4 is 10.1 Å². The summed E-state index contributed by atoms with van der Waals surface area (Å²) in [6, 6.07) is 5.12. The molecule has 1 aromatic carbocycles. The van der Waals surface area contributed by atoms with Gasteiger partial charge < -0.3 is 10.1 Å². The Balaban J connectivity index is 1.79. The number of hydrogen-bond donors (Lipinski definition) is 1. The topological polar surface area (TPSA) is 52.0 Å². The molecule has 1 heterocycles. The summed E-state index contributed by atoms with van der Waals surface area (Å²) in [5.41, 5.74) is 0.907. The third-order valence-electron chi connectivity index (χ3n) is 3.16. The number of aryl methyl sites for hydroxylation is 1. The summed E-state index contributed by atoms with van der Waals surface area (Å²) in [4.78, 5) is 0. The van der Waals surface area contributed by atoms with Crippen molar-refractivity contribution >= 4 is 0 Å². The minimum absolute atomic E-state index is 0.0890. The van der Waals surface area contributed by atoms with Gasteiger partial charge in [0.05, 0.1) is 13.3 Å². The number of nitrogens with one attached hydrogen (secondary N) is 1. The molecule has 108 valence electrons. The average Bonchev–Trinajstić information content (AvgIpc) is 2.96. The lowest BCUT2D eigenvalue weighted by atomic mass is 10.1. The maximum Gasteiger partial charge on any atom is 0.165 e. The molecule has 0 aliphatic carbocycles. The second kappa shape index (κ2) is 7.00. The van der Waals surface area contributed by atoms with Crippen molar-refractivity contribution in [2.75, 3.05) is 13.7 Å². The molecule has 6 heteroatoms. The maximum absolute atomic E-state index is 13.6. The SMILES string of the molecule is COc1ccc(C(C)NCCCn2ccnn2)cc1F. The molecule has 0 radical (unpaired) electrons. The fourth-order valence-electron chi connectivity index (χ4n) is 1.98. The molecule has 0 spiro atoms. The normalized spacial score (nSPS) is 12.3. The molecule has 0 saturated carbocycles. The van der Waals surface area contributed by atoms with Gasteiger partial charge in [0, 0.05) is 18.8 Å². The monoisotopic (exact) mass is 278 g/mol. The summed E-state index contributed by atoms with van der Waals surface area (Å²) < 4.78 is 20.3. The number of halogens is 1. The van der Waals surface area contributed by atoms with E-state index in [1.165, 1.54) is 13.2 Å². The molecule has 0 aliphatic heterocycles. The van der Waals surface area contributed by atoms with E-state index in [1.54, 1.807) is 16.9 Å². The van der Waals surface area contributed by atoms with E-state index in [-0.39, 0.29) is 17.6 Å². The average molecular weight is 278 g/mol. The highest BCUT2D eigenvalue weighted by Gasteiger charge is 2.08. The van der Waals surface area contributed by atoms with Crippen LogP contribution in [-0.2, 0) is 6.54 Å². The van der Waals surface area contributed by atoms with Crippen LogP contribution in [0.25, 0.3) is 0 Å². The van der Waals surface area contributed by atoms with Crippen LogP contribution in [0.2, 0.25) is 0 Å². The second-order valence-electron chi connectivity index (χ2n) is 4.59. The third-order valence-corrected chi connectivity index (χ3v) is 3.16. The summed E-state index contributed by atoms with van der Waals surface area (Å²) in [5, 5.41) is 11.0. The molecular weight excluding hydrogens is 259 g/mol. The Hall–Kier alpha value is -1.95. The maximum atomic E-state index is 13.6. The number of ether oxygens (including phenoxy) is 1. The van der Waals surface area contributed by atoms with E-state index in [1.807, 2.05) is 19.2 Å². The first-order chi connectivity index (χ1) is 9.70. The predicted molar refractivity (Wildman–Crippen MR) is 74.0 cm³/mol. The fraction of sp³-hybridized carbons (Fsp3) is 0.429. The molecule has 0 saturated heterocycles. The zero-order valence-corrected chi connectivity index (χ0v) is 11.7. The van der Waals surface area contributed by atoms with E-state index in [4.69, 9.17) is 4.74 Å². The van der Waals surface area contributed by atoms with Gasteiger partial charge in [-0.3, -0.25) is 4.68 Å². The van der Waals surface area contributed by atoms with Crippen LogP contribution in [0.15, 0.2) is 30.6 Å². The van der Waals surface area contributed by atoms with Crippen LogP contribution in [0.3, 0.4) is 0 Å². The van der Waals surface area contributed by atoms with E-state index in [2.05, 4.69) is 15.6 Å². The van der Waals surface area contributed by atoms with Crippen molar-refractivity contribution in [1.82, 2.24) is 20.3 Å². The van der Waals surface area contributed by atoms with Gasteiger partial charge in [-0.25, -0.2) is 4.39 Å². The predicted octanol–water partition coefficient (Wildman–Crippen LogP) is 2.17. The van der Waals surface area contributed by atoms with Gasteiger partial charge in [0.1, 0.15) is 0 Å². The van der Waals surface area contributed by atoms with Crippen molar-refractivity contribution in [1.29, 1.82) is 0 Å². The Kier molecular flexibility index (Phi) is 5.06. The quantitative estimate of drug-likeness (QED) is 0.789. The van der Waals surface area contributed by atoms with E-state index in [0.29, 0.717) is 0 Å². The summed E-state index contributed by atoms with van der Waals surface area (Å²) in [6.07, 6.45) is 4.44. The molecule has 1 N–H and O–H groups in total. The second-order valence-corrected chi connectivity index (χ2v) is 4.59. The third kappa shape index (κ3) is 3.77. The zero-order valence-electron chi connectivity index (χ0n) is 11.7. The van der Waals surface area contributed by atoms with E-state index in [0.717, 1.165) is 25.1 Å². The van der Waals surface area contributed by atoms with E-state index >= 15 is 0 Å². The highest BCUT2D eigenvalue weighted by molar-refractivity contribution is 5.30. The van der Waals surface area contributed by atoms with Gasteiger partial charge in [-0.05, 0) is 37.6 Å². The molecule has 0 bridgehead atoms. The highest BCUT2D eigenvalue weighted by Crippen LogP contribution is 2.21. The van der Waals surface area contributed by atoms with E-state index in [9.17, 15) is 4.39 Å². The smallest absolute Gasteiger partial charge is 0.165 e. The zero-order chi connectivity index (χ0) is 14.4. The molecule has 2 aromatic rings. The molecule has 5 nitrogen and oxygen atoms in total. The number of benzene rings is 1. The molecule has 0 amide bonds. The van der Waals surface area contributed by atoms with Gasteiger partial charge in [-0.1, -0.05) is 11.3 Å². The summed E-state index contributed by atoms with van der Waals surface area (Å²) in [7, 11) is 1.46. The van der Waals surface area contributed by atoms with Crippen molar-refractivity contribution in [3.63, 3.8) is 0 Å². The molecule has 2 rings (SSSR count). The van der Waals surface area contributed by atoms with Crippen molar-refractivity contribution in [3.8, 4) is 5.75 Å². The Morgan fingerprint density at radius 3 is 2.95 bits per heavy atom. The van der Waals surface area contributed by atoms with Gasteiger partial charge in [0.15, 0.2) is 11.6 Å². The van der Waals surface area contributed by atoms with Crippen molar-refractivity contribution in [2.45, 2.75) is 25.9 Å². The molecule has 20 heavy (non-hydrogen) atoms. The van der Waals surface area contributed by atoms with Crippen LogP contribution in [0.4, 0.5) is 4.39 Å².